The first-order valence-electron chi connectivity index (χ1n) is 6.39. The molecule has 1 fully saturated rings. The summed E-state index contributed by atoms with van der Waals surface area (Å²) in [4.78, 5) is 21.4. The number of carbonyl (C=O) groups is 1. The van der Waals surface area contributed by atoms with Crippen LogP contribution < -0.4 is 4.74 Å². The van der Waals surface area contributed by atoms with Crippen LogP contribution in [0.2, 0.25) is 5.15 Å². The fraction of sp³-hybridized carbons (Fsp3) is 0.500. The molecular weight excluding hydrogens is 294 g/mol. The van der Waals surface area contributed by atoms with Crippen LogP contribution in [-0.2, 0) is 4.74 Å². The molecule has 1 aliphatic heterocycles. The van der Waals surface area contributed by atoms with E-state index >= 15 is 0 Å². The zero-order chi connectivity index (χ0) is 15.8. The maximum atomic E-state index is 11.4. The van der Waals surface area contributed by atoms with Gasteiger partial charge in [-0.25, -0.2) is 9.78 Å². The van der Waals surface area contributed by atoms with E-state index in [1.165, 1.54) is 19.6 Å². The second kappa shape index (κ2) is 8.45. The van der Waals surface area contributed by atoms with E-state index in [2.05, 4.69) is 39.5 Å². The molecule has 0 saturated carbocycles. The number of likely N-dealkylation sites (N-methyl/N-ethyl adjacent to an activating group) is 1. The lowest BCUT2D eigenvalue weighted by Gasteiger charge is -2.19. The van der Waals surface area contributed by atoms with Crippen molar-refractivity contribution in [2.24, 2.45) is 0 Å². The Morgan fingerprint density at radius 1 is 1.52 bits per heavy atom. The highest BCUT2D eigenvalue weighted by molar-refractivity contribution is 6.29. The number of terminal acetylenes is 1. The van der Waals surface area contributed by atoms with Crippen molar-refractivity contribution in [3.05, 3.63) is 17.0 Å². The van der Waals surface area contributed by atoms with Crippen LogP contribution in [0.3, 0.4) is 0 Å². The van der Waals surface area contributed by atoms with Crippen LogP contribution in [0.25, 0.3) is 0 Å². The molecular formula is C14H18ClN3O3. The van der Waals surface area contributed by atoms with E-state index in [0.717, 1.165) is 13.0 Å². The summed E-state index contributed by atoms with van der Waals surface area (Å²) < 4.78 is 10.1. The predicted molar refractivity (Wildman–Crippen MR) is 79.4 cm³/mol. The van der Waals surface area contributed by atoms with E-state index in [9.17, 15) is 4.79 Å². The van der Waals surface area contributed by atoms with E-state index in [-0.39, 0.29) is 11.0 Å². The molecule has 0 spiro atoms. The molecule has 1 aromatic rings. The zero-order valence-corrected chi connectivity index (χ0v) is 12.8. The van der Waals surface area contributed by atoms with Crippen LogP contribution >= 0.6 is 11.6 Å². The fourth-order valence-electron chi connectivity index (χ4n) is 2.02. The Kier molecular flexibility index (Phi) is 6.92. The first kappa shape index (κ1) is 17.2. The Morgan fingerprint density at radius 2 is 2.24 bits per heavy atom. The van der Waals surface area contributed by atoms with Crippen LogP contribution in [0.15, 0.2) is 6.07 Å². The van der Waals surface area contributed by atoms with Crippen molar-refractivity contribution < 1.29 is 14.3 Å². The van der Waals surface area contributed by atoms with Gasteiger partial charge in [-0.2, -0.15) is 4.98 Å². The van der Waals surface area contributed by atoms with Crippen LogP contribution in [-0.4, -0.2) is 54.2 Å². The maximum absolute atomic E-state index is 11.4. The van der Waals surface area contributed by atoms with E-state index in [1.54, 1.807) is 0 Å². The maximum Gasteiger partial charge on any atom is 0.376 e. The first-order valence-corrected chi connectivity index (χ1v) is 6.77. The summed E-state index contributed by atoms with van der Waals surface area (Å²) in [5.41, 5.74) is 0. The van der Waals surface area contributed by atoms with Gasteiger partial charge in [0.2, 0.25) is 11.7 Å². The van der Waals surface area contributed by atoms with Crippen molar-refractivity contribution in [2.75, 3.05) is 27.3 Å². The van der Waals surface area contributed by atoms with Gasteiger partial charge in [0.25, 0.3) is 0 Å². The highest BCUT2D eigenvalue weighted by atomic mass is 35.5. The number of halogens is 1. The van der Waals surface area contributed by atoms with Gasteiger partial charge in [-0.3, -0.25) is 0 Å². The van der Waals surface area contributed by atoms with Crippen molar-refractivity contribution in [3.8, 4) is 18.7 Å². The molecule has 0 radical (unpaired) electrons. The van der Waals surface area contributed by atoms with Crippen LogP contribution in [0.1, 0.15) is 23.5 Å². The molecule has 0 bridgehead atoms. The summed E-state index contributed by atoms with van der Waals surface area (Å²) in [6, 6.07) is 1.86. The summed E-state index contributed by atoms with van der Waals surface area (Å²) in [5.74, 6) is -0.434. The third kappa shape index (κ3) is 4.88. The van der Waals surface area contributed by atoms with E-state index in [4.69, 9.17) is 16.3 Å². The number of ether oxygens (including phenoxy) is 2. The Bertz CT molecular complexity index is 507. The molecule has 0 aliphatic carbocycles. The lowest BCUT2D eigenvalue weighted by atomic mass is 10.2. The average Bonchev–Trinajstić information content (AvgIpc) is 2.91. The minimum atomic E-state index is -0.634. The van der Waals surface area contributed by atoms with Crippen LogP contribution in [0, 0.1) is 12.8 Å². The van der Waals surface area contributed by atoms with Crippen LogP contribution in [0.4, 0.5) is 0 Å². The SMILES string of the molecule is C#C.COC(=O)c1nc(Cl)cc(OC[C@@H]2CCCN2C)n1. The highest BCUT2D eigenvalue weighted by Crippen LogP contribution is 2.18. The van der Waals surface area contributed by atoms with Gasteiger partial charge < -0.3 is 14.4 Å². The lowest BCUT2D eigenvalue weighted by Crippen LogP contribution is -2.30. The van der Waals surface area contributed by atoms with Crippen molar-refractivity contribution in [2.45, 2.75) is 18.9 Å². The molecule has 1 aromatic heterocycles. The summed E-state index contributed by atoms with van der Waals surface area (Å²) in [5, 5.41) is 0.158. The number of aromatic nitrogens is 2. The monoisotopic (exact) mass is 311 g/mol. The number of methoxy groups -OCH3 is 1. The van der Waals surface area contributed by atoms with Crippen molar-refractivity contribution in [1.82, 2.24) is 14.9 Å². The number of likely N-dealkylation sites (tertiary alicyclic amines) is 1. The van der Waals surface area contributed by atoms with Crippen molar-refractivity contribution >= 4 is 17.6 Å². The standard InChI is InChI=1S/C12H16ClN3O3.C2H2/c1-16-5-3-4-8(16)7-19-10-6-9(13)14-11(15-10)12(17)18-2;1-2/h6,8H,3-5,7H2,1-2H3;1-2H/t8-;/m0./s1. The molecule has 2 heterocycles. The lowest BCUT2D eigenvalue weighted by molar-refractivity contribution is 0.0584. The molecule has 1 aliphatic rings. The van der Waals surface area contributed by atoms with Gasteiger partial charge in [0.05, 0.1) is 7.11 Å². The summed E-state index contributed by atoms with van der Waals surface area (Å²) in [6.07, 6.45) is 10.3. The van der Waals surface area contributed by atoms with Gasteiger partial charge >= 0.3 is 5.97 Å². The predicted octanol–water partition coefficient (Wildman–Crippen LogP) is 1.64. The smallest absolute Gasteiger partial charge is 0.376 e. The molecule has 2 rings (SSSR count). The molecule has 7 heteroatoms. The number of carbonyl (C=O) groups excluding carboxylic acids is 1. The third-order valence-electron chi connectivity index (χ3n) is 3.13. The summed E-state index contributed by atoms with van der Waals surface area (Å²) in [7, 11) is 3.33. The van der Waals surface area contributed by atoms with Gasteiger partial charge in [-0.15, -0.1) is 12.8 Å². The Morgan fingerprint density at radius 3 is 2.81 bits per heavy atom. The molecule has 6 nitrogen and oxygen atoms in total. The Hall–Kier alpha value is -1.84. The van der Waals surface area contributed by atoms with Crippen molar-refractivity contribution in [3.63, 3.8) is 0 Å². The van der Waals surface area contributed by atoms with E-state index in [1.807, 2.05) is 0 Å². The van der Waals surface area contributed by atoms with E-state index in [0.29, 0.717) is 18.5 Å². The molecule has 1 saturated heterocycles. The third-order valence-corrected chi connectivity index (χ3v) is 3.33. The van der Waals surface area contributed by atoms with E-state index < -0.39 is 5.97 Å². The Balaban J connectivity index is 0.00000106. The normalized spacial score (nSPS) is 17.7. The second-order valence-corrected chi connectivity index (χ2v) is 4.82. The molecule has 1 atom stereocenters. The van der Waals surface area contributed by atoms with Gasteiger partial charge in [0.1, 0.15) is 11.8 Å². The highest BCUT2D eigenvalue weighted by Gasteiger charge is 2.22. The molecule has 0 N–H and O–H groups in total. The average molecular weight is 312 g/mol. The molecule has 114 valence electrons. The van der Waals surface area contributed by atoms with Gasteiger partial charge in [-0.05, 0) is 26.4 Å². The quantitative estimate of drug-likeness (QED) is 0.478. The van der Waals surface area contributed by atoms with Gasteiger partial charge in [0.15, 0.2) is 0 Å². The number of esters is 1. The first-order chi connectivity index (χ1) is 10.1. The summed E-state index contributed by atoms with van der Waals surface area (Å²) in [6.45, 7) is 1.59. The summed E-state index contributed by atoms with van der Waals surface area (Å²) >= 11 is 5.83. The molecule has 0 unspecified atom stereocenters. The fourth-order valence-corrected chi connectivity index (χ4v) is 2.20. The largest absolute Gasteiger partial charge is 0.476 e. The Labute approximate surface area is 129 Å². The zero-order valence-electron chi connectivity index (χ0n) is 12.1. The number of hydrogen-bond acceptors (Lipinski definition) is 6. The second-order valence-electron chi connectivity index (χ2n) is 4.43. The molecule has 0 amide bonds. The molecule has 21 heavy (non-hydrogen) atoms. The van der Waals surface area contributed by atoms with Crippen LogP contribution in [0.5, 0.6) is 5.88 Å². The minimum absolute atomic E-state index is 0.0928. The minimum Gasteiger partial charge on any atom is -0.476 e. The topological polar surface area (TPSA) is 64.6 Å². The number of nitrogens with zero attached hydrogens (tertiary/aromatic N) is 3. The molecule has 0 aromatic carbocycles. The van der Waals surface area contributed by atoms with Crippen molar-refractivity contribution in [1.29, 1.82) is 0 Å². The number of hydrogen-bond donors (Lipinski definition) is 0. The number of rotatable bonds is 4. The van der Waals surface area contributed by atoms with Gasteiger partial charge in [0, 0.05) is 12.1 Å². The van der Waals surface area contributed by atoms with Gasteiger partial charge in [-0.1, -0.05) is 11.6 Å².